The lowest BCUT2D eigenvalue weighted by Gasteiger charge is -2.15. The molecule has 1 aliphatic carbocycles. The number of aromatic nitrogens is 1. The van der Waals surface area contributed by atoms with Crippen LogP contribution in [0.2, 0.25) is 0 Å². The van der Waals surface area contributed by atoms with Gasteiger partial charge < -0.3 is 5.73 Å². The van der Waals surface area contributed by atoms with E-state index in [1.165, 1.54) is 16.1 Å². The lowest BCUT2D eigenvalue weighted by molar-refractivity contribution is 0.573. The van der Waals surface area contributed by atoms with E-state index in [1.807, 2.05) is 0 Å². The Balaban J connectivity index is 2.02. The average Bonchev–Trinajstić information content (AvgIpc) is 2.75. The summed E-state index contributed by atoms with van der Waals surface area (Å²) in [6, 6.07) is 8.49. The fourth-order valence-electron chi connectivity index (χ4n) is 2.17. The average molecular weight is 309 g/mol. The zero-order valence-electron chi connectivity index (χ0n) is 9.32. The Morgan fingerprint density at radius 1 is 1.29 bits per heavy atom. The Kier molecular flexibility index (Phi) is 3.03. The molecule has 0 aliphatic heterocycles. The zero-order chi connectivity index (χ0) is 11.8. The van der Waals surface area contributed by atoms with Crippen molar-refractivity contribution < 1.29 is 0 Å². The summed E-state index contributed by atoms with van der Waals surface area (Å²) >= 11 is 5.20. The van der Waals surface area contributed by atoms with Crippen molar-refractivity contribution in [2.24, 2.45) is 5.73 Å². The highest BCUT2D eigenvalue weighted by molar-refractivity contribution is 9.10. The number of aryl methyl sites for hydroxylation is 1. The Morgan fingerprint density at radius 2 is 2.06 bits per heavy atom. The highest BCUT2D eigenvalue weighted by Gasteiger charge is 2.21. The van der Waals surface area contributed by atoms with Gasteiger partial charge in [-0.2, -0.15) is 0 Å². The van der Waals surface area contributed by atoms with Gasteiger partial charge in [0.05, 0.1) is 5.69 Å². The van der Waals surface area contributed by atoms with Crippen LogP contribution >= 0.6 is 27.3 Å². The van der Waals surface area contributed by atoms with E-state index >= 15 is 0 Å². The molecule has 0 unspecified atom stereocenters. The minimum atomic E-state index is 0.195. The van der Waals surface area contributed by atoms with Gasteiger partial charge in [0, 0.05) is 21.0 Å². The molecule has 17 heavy (non-hydrogen) atoms. The molecule has 1 aromatic carbocycles. The van der Waals surface area contributed by atoms with Gasteiger partial charge in [-0.05, 0) is 31.4 Å². The van der Waals surface area contributed by atoms with Crippen molar-refractivity contribution in [3.05, 3.63) is 39.3 Å². The second kappa shape index (κ2) is 4.52. The van der Waals surface area contributed by atoms with Gasteiger partial charge in [-0.1, -0.05) is 28.1 Å². The Labute approximate surface area is 113 Å². The van der Waals surface area contributed by atoms with Gasteiger partial charge in [-0.25, -0.2) is 4.98 Å². The molecule has 0 spiro atoms. The van der Waals surface area contributed by atoms with Crippen LogP contribution in [0.15, 0.2) is 28.7 Å². The highest BCUT2D eigenvalue weighted by atomic mass is 79.9. The van der Waals surface area contributed by atoms with Crippen LogP contribution in [0, 0.1) is 0 Å². The molecule has 0 amide bonds. The SMILES string of the molecule is N[C@H]1CCCc2nc(-c3ccc(Br)cc3)sc21. The van der Waals surface area contributed by atoms with Crippen LogP contribution in [0.3, 0.4) is 0 Å². The molecule has 88 valence electrons. The number of halogens is 1. The van der Waals surface area contributed by atoms with Crippen molar-refractivity contribution in [1.29, 1.82) is 0 Å². The third-order valence-corrected chi connectivity index (χ3v) is 4.89. The molecule has 1 heterocycles. The van der Waals surface area contributed by atoms with Crippen molar-refractivity contribution in [2.75, 3.05) is 0 Å². The molecular formula is C13H13BrN2S. The molecule has 2 aromatic rings. The molecule has 0 saturated carbocycles. The molecule has 0 bridgehead atoms. The highest BCUT2D eigenvalue weighted by Crippen LogP contribution is 2.36. The number of nitrogens with two attached hydrogens (primary N) is 1. The molecule has 3 rings (SSSR count). The third-order valence-electron chi connectivity index (χ3n) is 3.08. The number of hydrogen-bond acceptors (Lipinski definition) is 3. The molecule has 2 nitrogen and oxygen atoms in total. The summed E-state index contributed by atoms with van der Waals surface area (Å²) in [5, 5.41) is 1.10. The van der Waals surface area contributed by atoms with Gasteiger partial charge >= 0.3 is 0 Å². The van der Waals surface area contributed by atoms with E-state index in [0.717, 1.165) is 28.7 Å². The summed E-state index contributed by atoms with van der Waals surface area (Å²) in [5.41, 5.74) is 8.52. The summed E-state index contributed by atoms with van der Waals surface area (Å²) in [6.07, 6.45) is 3.34. The van der Waals surface area contributed by atoms with Crippen LogP contribution in [0.1, 0.15) is 29.5 Å². The Bertz CT molecular complexity index is 533. The van der Waals surface area contributed by atoms with Crippen LogP contribution < -0.4 is 5.73 Å². The number of benzene rings is 1. The molecule has 0 radical (unpaired) electrons. The van der Waals surface area contributed by atoms with E-state index in [9.17, 15) is 0 Å². The van der Waals surface area contributed by atoms with Gasteiger partial charge in [0.25, 0.3) is 0 Å². The van der Waals surface area contributed by atoms with Gasteiger partial charge in [0.2, 0.25) is 0 Å². The normalized spacial score (nSPS) is 19.1. The molecule has 1 atom stereocenters. The lowest BCUT2D eigenvalue weighted by atomic mass is 9.99. The minimum Gasteiger partial charge on any atom is -0.323 e. The summed E-state index contributed by atoms with van der Waals surface area (Å²) in [7, 11) is 0. The van der Waals surface area contributed by atoms with Gasteiger partial charge in [0.15, 0.2) is 0 Å². The minimum absolute atomic E-state index is 0.195. The molecule has 2 N–H and O–H groups in total. The smallest absolute Gasteiger partial charge is 0.123 e. The van der Waals surface area contributed by atoms with Gasteiger partial charge in [-0.3, -0.25) is 0 Å². The second-order valence-electron chi connectivity index (χ2n) is 4.34. The summed E-state index contributed by atoms with van der Waals surface area (Å²) in [4.78, 5) is 6.01. The maximum absolute atomic E-state index is 6.12. The van der Waals surface area contributed by atoms with E-state index in [4.69, 9.17) is 10.7 Å². The first-order chi connectivity index (χ1) is 8.24. The molecule has 0 fully saturated rings. The van der Waals surface area contributed by atoms with Crippen LogP contribution in [-0.4, -0.2) is 4.98 Å². The summed E-state index contributed by atoms with van der Waals surface area (Å²) in [6.45, 7) is 0. The predicted octanol–water partition coefficient (Wildman–Crippen LogP) is 3.91. The zero-order valence-corrected chi connectivity index (χ0v) is 11.7. The topological polar surface area (TPSA) is 38.9 Å². The second-order valence-corrected chi connectivity index (χ2v) is 6.28. The van der Waals surface area contributed by atoms with Crippen LogP contribution in [0.25, 0.3) is 10.6 Å². The number of thiazole rings is 1. The fourth-order valence-corrected chi connectivity index (χ4v) is 3.59. The Hall–Kier alpha value is -0.710. The third kappa shape index (κ3) is 2.17. The first kappa shape index (κ1) is 11.4. The van der Waals surface area contributed by atoms with Crippen LogP contribution in [0.4, 0.5) is 0 Å². The van der Waals surface area contributed by atoms with Crippen LogP contribution in [0.5, 0.6) is 0 Å². The summed E-state index contributed by atoms with van der Waals surface area (Å²) < 4.78 is 1.10. The van der Waals surface area contributed by atoms with Crippen molar-refractivity contribution in [1.82, 2.24) is 4.98 Å². The molecule has 1 aliphatic rings. The largest absolute Gasteiger partial charge is 0.323 e. The standard InChI is InChI=1S/C13H13BrN2S/c14-9-6-4-8(5-7-9)13-16-11-3-1-2-10(15)12(11)17-13/h4-7,10H,1-3,15H2/t10-/m0/s1. The quantitative estimate of drug-likeness (QED) is 0.867. The van der Waals surface area contributed by atoms with Gasteiger partial charge in [0.1, 0.15) is 5.01 Å². The van der Waals surface area contributed by atoms with Crippen molar-refractivity contribution in [3.63, 3.8) is 0 Å². The van der Waals surface area contributed by atoms with E-state index in [1.54, 1.807) is 11.3 Å². The maximum Gasteiger partial charge on any atom is 0.123 e. The van der Waals surface area contributed by atoms with Crippen molar-refractivity contribution >= 4 is 27.3 Å². The van der Waals surface area contributed by atoms with E-state index in [-0.39, 0.29) is 6.04 Å². The van der Waals surface area contributed by atoms with Crippen molar-refractivity contribution in [2.45, 2.75) is 25.3 Å². The monoisotopic (exact) mass is 308 g/mol. The molecule has 0 saturated heterocycles. The maximum atomic E-state index is 6.12. The lowest BCUT2D eigenvalue weighted by Crippen LogP contribution is -2.15. The molecule has 4 heteroatoms. The Morgan fingerprint density at radius 3 is 2.76 bits per heavy atom. The number of nitrogens with zero attached hydrogens (tertiary/aromatic N) is 1. The van der Waals surface area contributed by atoms with Crippen molar-refractivity contribution in [3.8, 4) is 10.6 Å². The van der Waals surface area contributed by atoms with E-state index in [0.29, 0.717) is 0 Å². The summed E-state index contributed by atoms with van der Waals surface area (Å²) in [5.74, 6) is 0. The first-order valence-electron chi connectivity index (χ1n) is 5.75. The van der Waals surface area contributed by atoms with Gasteiger partial charge in [-0.15, -0.1) is 11.3 Å². The fraction of sp³-hybridized carbons (Fsp3) is 0.308. The first-order valence-corrected chi connectivity index (χ1v) is 7.36. The molecular weight excluding hydrogens is 296 g/mol. The van der Waals surface area contributed by atoms with E-state index < -0.39 is 0 Å². The number of fused-ring (bicyclic) bond motifs is 1. The number of rotatable bonds is 1. The van der Waals surface area contributed by atoms with E-state index in [2.05, 4.69) is 40.2 Å². The number of hydrogen-bond donors (Lipinski definition) is 1. The van der Waals surface area contributed by atoms with Crippen LogP contribution in [-0.2, 0) is 6.42 Å². The predicted molar refractivity (Wildman–Crippen MR) is 75.1 cm³/mol. The molecule has 1 aromatic heterocycles.